The Morgan fingerprint density at radius 1 is 1.29 bits per heavy atom. The molecule has 1 amide bonds. The van der Waals surface area contributed by atoms with Gasteiger partial charge in [-0.15, -0.1) is 0 Å². The van der Waals surface area contributed by atoms with E-state index in [9.17, 15) is 4.79 Å². The Morgan fingerprint density at radius 3 is 2.79 bits per heavy atom. The SMILES string of the molecule is CC1(C)CC2CC(C)(CN2C(=O)CSc2nc(Cl)cc(N3CCOCC3)n2)C1. The summed E-state index contributed by atoms with van der Waals surface area (Å²) in [6.45, 7) is 10.8. The number of amides is 1. The smallest absolute Gasteiger partial charge is 0.233 e. The van der Waals surface area contributed by atoms with Gasteiger partial charge in [-0.2, -0.15) is 0 Å². The van der Waals surface area contributed by atoms with Crippen LogP contribution in [0.2, 0.25) is 5.15 Å². The fourth-order valence-corrected chi connectivity index (χ4v) is 6.33. The van der Waals surface area contributed by atoms with Crippen LogP contribution in [0.3, 0.4) is 0 Å². The van der Waals surface area contributed by atoms with Gasteiger partial charge in [0.1, 0.15) is 11.0 Å². The zero-order valence-electron chi connectivity index (χ0n) is 16.9. The maximum absolute atomic E-state index is 13.0. The van der Waals surface area contributed by atoms with E-state index >= 15 is 0 Å². The second-order valence-electron chi connectivity index (χ2n) is 9.45. The Morgan fingerprint density at radius 2 is 2.04 bits per heavy atom. The van der Waals surface area contributed by atoms with Crippen molar-refractivity contribution in [1.29, 1.82) is 0 Å². The van der Waals surface area contributed by atoms with Crippen molar-refractivity contribution < 1.29 is 9.53 Å². The number of ether oxygens (including phenoxy) is 1. The monoisotopic (exact) mass is 424 g/mol. The summed E-state index contributed by atoms with van der Waals surface area (Å²) in [4.78, 5) is 26.2. The van der Waals surface area contributed by atoms with E-state index in [0.717, 1.165) is 38.3 Å². The summed E-state index contributed by atoms with van der Waals surface area (Å²) >= 11 is 7.60. The van der Waals surface area contributed by atoms with Crippen LogP contribution in [0.4, 0.5) is 5.82 Å². The molecule has 0 spiro atoms. The predicted molar refractivity (Wildman–Crippen MR) is 112 cm³/mol. The molecule has 2 saturated heterocycles. The highest BCUT2D eigenvalue weighted by atomic mass is 35.5. The molecular weight excluding hydrogens is 396 g/mol. The van der Waals surface area contributed by atoms with Crippen molar-refractivity contribution >= 4 is 35.1 Å². The molecule has 3 aliphatic rings. The van der Waals surface area contributed by atoms with Gasteiger partial charge in [0.25, 0.3) is 0 Å². The van der Waals surface area contributed by atoms with Crippen molar-refractivity contribution in [2.45, 2.75) is 51.2 Å². The van der Waals surface area contributed by atoms with Gasteiger partial charge in [0.15, 0.2) is 5.16 Å². The van der Waals surface area contributed by atoms with Gasteiger partial charge in [0, 0.05) is 31.7 Å². The van der Waals surface area contributed by atoms with Crippen molar-refractivity contribution in [3.63, 3.8) is 0 Å². The van der Waals surface area contributed by atoms with Gasteiger partial charge >= 0.3 is 0 Å². The predicted octanol–water partition coefficient (Wildman–Crippen LogP) is 3.49. The van der Waals surface area contributed by atoms with Crippen LogP contribution in [0.1, 0.15) is 40.0 Å². The maximum atomic E-state index is 13.0. The first-order valence-corrected chi connectivity index (χ1v) is 11.4. The third-order valence-corrected chi connectivity index (χ3v) is 7.08. The van der Waals surface area contributed by atoms with Crippen molar-refractivity contribution in [2.75, 3.05) is 43.5 Å². The van der Waals surface area contributed by atoms with E-state index in [1.807, 2.05) is 0 Å². The van der Waals surface area contributed by atoms with E-state index in [1.165, 1.54) is 18.2 Å². The minimum absolute atomic E-state index is 0.188. The van der Waals surface area contributed by atoms with Crippen molar-refractivity contribution in [3.05, 3.63) is 11.2 Å². The molecule has 2 aliphatic heterocycles. The highest BCUT2D eigenvalue weighted by molar-refractivity contribution is 7.99. The lowest BCUT2D eigenvalue weighted by Crippen LogP contribution is -2.38. The molecule has 1 aliphatic carbocycles. The Balaban J connectivity index is 1.41. The summed E-state index contributed by atoms with van der Waals surface area (Å²) in [6, 6.07) is 2.15. The largest absolute Gasteiger partial charge is 0.378 e. The van der Waals surface area contributed by atoms with Crippen LogP contribution in [0.25, 0.3) is 0 Å². The lowest BCUT2D eigenvalue weighted by Gasteiger charge is -2.39. The van der Waals surface area contributed by atoms with Crippen LogP contribution in [0.15, 0.2) is 11.2 Å². The summed E-state index contributed by atoms with van der Waals surface area (Å²) in [5.41, 5.74) is 0.561. The number of carbonyl (C=O) groups is 1. The fraction of sp³-hybridized carbons (Fsp3) is 0.750. The first kappa shape index (κ1) is 20.2. The van der Waals surface area contributed by atoms with Crippen LogP contribution in [0.5, 0.6) is 0 Å². The number of hydrogen-bond donors (Lipinski definition) is 0. The first-order valence-electron chi connectivity index (χ1n) is 10.0. The maximum Gasteiger partial charge on any atom is 0.233 e. The summed E-state index contributed by atoms with van der Waals surface area (Å²) in [6.07, 6.45) is 3.41. The van der Waals surface area contributed by atoms with Gasteiger partial charge in [-0.1, -0.05) is 44.1 Å². The number of anilines is 1. The average Bonchev–Trinajstić information content (AvgIpc) is 2.89. The summed E-state index contributed by atoms with van der Waals surface area (Å²) in [5, 5.41) is 0.980. The molecule has 28 heavy (non-hydrogen) atoms. The molecule has 154 valence electrons. The zero-order chi connectivity index (χ0) is 19.9. The van der Waals surface area contributed by atoms with E-state index in [1.54, 1.807) is 6.07 Å². The highest BCUT2D eigenvalue weighted by Gasteiger charge is 2.50. The van der Waals surface area contributed by atoms with Gasteiger partial charge in [-0.05, 0) is 30.1 Å². The van der Waals surface area contributed by atoms with Crippen LogP contribution < -0.4 is 4.90 Å². The molecule has 1 aromatic rings. The fourth-order valence-electron chi connectivity index (χ4n) is 5.37. The van der Waals surface area contributed by atoms with Crippen LogP contribution in [0, 0.1) is 10.8 Å². The van der Waals surface area contributed by atoms with Crippen molar-refractivity contribution in [2.24, 2.45) is 10.8 Å². The topological polar surface area (TPSA) is 58.6 Å². The summed E-state index contributed by atoms with van der Waals surface area (Å²) in [7, 11) is 0. The molecule has 0 aromatic carbocycles. The molecule has 1 saturated carbocycles. The van der Waals surface area contributed by atoms with Gasteiger partial charge < -0.3 is 14.5 Å². The zero-order valence-corrected chi connectivity index (χ0v) is 18.5. The number of rotatable bonds is 4. The van der Waals surface area contributed by atoms with E-state index in [-0.39, 0.29) is 11.3 Å². The molecule has 2 unspecified atom stereocenters. The number of hydrogen-bond acceptors (Lipinski definition) is 6. The number of likely N-dealkylation sites (tertiary alicyclic amines) is 1. The van der Waals surface area contributed by atoms with Crippen LogP contribution >= 0.6 is 23.4 Å². The van der Waals surface area contributed by atoms with Crippen molar-refractivity contribution in [1.82, 2.24) is 14.9 Å². The number of morpholine rings is 1. The number of fused-ring (bicyclic) bond motifs is 2. The number of nitrogens with zero attached hydrogens (tertiary/aromatic N) is 4. The summed E-state index contributed by atoms with van der Waals surface area (Å²) in [5.74, 6) is 1.35. The standard InChI is InChI=1S/C20H29ClN4O2S/c1-19(2)9-14-10-20(3,12-19)13-25(14)17(26)11-28-18-22-15(21)8-16(23-18)24-4-6-27-7-5-24/h8,14H,4-7,9-13H2,1-3H3. The van der Waals surface area contributed by atoms with Crippen LogP contribution in [-0.4, -0.2) is 65.4 Å². The van der Waals surface area contributed by atoms with Gasteiger partial charge in [0.05, 0.1) is 19.0 Å². The second-order valence-corrected chi connectivity index (χ2v) is 10.8. The van der Waals surface area contributed by atoms with Crippen LogP contribution in [-0.2, 0) is 9.53 Å². The number of aromatic nitrogens is 2. The van der Waals surface area contributed by atoms with Crippen molar-refractivity contribution in [3.8, 4) is 0 Å². The third-order valence-electron chi connectivity index (χ3n) is 6.06. The second kappa shape index (κ2) is 7.65. The normalized spacial score (nSPS) is 29.2. The number of halogens is 1. The minimum atomic E-state index is 0.188. The van der Waals surface area contributed by atoms with E-state index < -0.39 is 0 Å². The summed E-state index contributed by atoms with van der Waals surface area (Å²) < 4.78 is 5.40. The molecule has 4 rings (SSSR count). The Kier molecular flexibility index (Phi) is 5.53. The van der Waals surface area contributed by atoms with Gasteiger partial charge in [0.2, 0.25) is 5.91 Å². The van der Waals surface area contributed by atoms with Gasteiger partial charge in [-0.25, -0.2) is 9.97 Å². The minimum Gasteiger partial charge on any atom is -0.378 e. The Labute approximate surface area is 176 Å². The molecule has 8 heteroatoms. The number of thioether (sulfide) groups is 1. The molecular formula is C20H29ClN4O2S. The quantitative estimate of drug-likeness (QED) is 0.419. The Bertz CT molecular complexity index is 756. The first-order chi connectivity index (χ1) is 13.2. The average molecular weight is 425 g/mol. The molecule has 0 N–H and O–H groups in total. The number of carbonyl (C=O) groups excluding carboxylic acids is 1. The lowest BCUT2D eigenvalue weighted by molar-refractivity contribution is -0.129. The third kappa shape index (κ3) is 4.41. The Hall–Kier alpha value is -1.05. The lowest BCUT2D eigenvalue weighted by atomic mass is 9.65. The molecule has 2 atom stereocenters. The highest BCUT2D eigenvalue weighted by Crippen LogP contribution is 2.52. The molecule has 0 radical (unpaired) electrons. The molecule has 2 bridgehead atoms. The molecule has 1 aromatic heterocycles. The molecule has 3 fully saturated rings. The van der Waals surface area contributed by atoms with E-state index in [0.29, 0.717) is 40.7 Å². The van der Waals surface area contributed by atoms with Gasteiger partial charge in [-0.3, -0.25) is 4.79 Å². The molecule has 6 nitrogen and oxygen atoms in total. The van der Waals surface area contributed by atoms with E-state index in [4.69, 9.17) is 16.3 Å². The van der Waals surface area contributed by atoms with E-state index in [2.05, 4.69) is 40.5 Å². The molecule has 3 heterocycles.